The van der Waals surface area contributed by atoms with E-state index >= 15 is 0 Å². The molecule has 0 spiro atoms. The van der Waals surface area contributed by atoms with Crippen LogP contribution >= 0.6 is 15.9 Å². The second kappa shape index (κ2) is 9.27. The number of benzene rings is 2. The summed E-state index contributed by atoms with van der Waals surface area (Å²) < 4.78 is 12.0. The largest absolute Gasteiger partial charge is 0.493 e. The third kappa shape index (κ3) is 4.67. The molecule has 0 amide bonds. The second-order valence-electron chi connectivity index (χ2n) is 7.07. The fraction of sp³-hybridized carbons (Fsp3) is 0.238. The van der Waals surface area contributed by atoms with Crippen LogP contribution in [0.5, 0.6) is 11.5 Å². The van der Waals surface area contributed by atoms with Crippen molar-refractivity contribution in [3.63, 3.8) is 0 Å². The van der Waals surface area contributed by atoms with Crippen LogP contribution in [-0.2, 0) is 4.79 Å². The summed E-state index contributed by atoms with van der Waals surface area (Å²) in [6, 6.07) is 7.78. The van der Waals surface area contributed by atoms with Gasteiger partial charge >= 0.3 is 11.7 Å². The Kier molecular flexibility index (Phi) is 6.68. The molecule has 0 radical (unpaired) electrons. The van der Waals surface area contributed by atoms with E-state index < -0.39 is 16.6 Å². The normalized spacial score (nSPS) is 11.3. The van der Waals surface area contributed by atoms with Gasteiger partial charge in [-0.05, 0) is 24.3 Å². The molecule has 0 aliphatic heterocycles. The lowest BCUT2D eigenvalue weighted by Crippen LogP contribution is -2.23. The predicted octanol–water partition coefficient (Wildman–Crippen LogP) is 4.01. The molecule has 32 heavy (non-hydrogen) atoms. The first-order valence-corrected chi connectivity index (χ1v) is 10.2. The van der Waals surface area contributed by atoms with E-state index in [4.69, 9.17) is 9.47 Å². The summed E-state index contributed by atoms with van der Waals surface area (Å²) in [4.78, 5) is 39.8. The number of esters is 1. The Labute approximate surface area is 190 Å². The molecule has 0 aliphatic carbocycles. The molecule has 0 aliphatic rings. The van der Waals surface area contributed by atoms with Crippen molar-refractivity contribution in [2.24, 2.45) is 5.10 Å². The molecule has 1 aromatic heterocycles. The van der Waals surface area contributed by atoms with Crippen molar-refractivity contribution in [2.45, 2.75) is 26.7 Å². The van der Waals surface area contributed by atoms with E-state index in [9.17, 15) is 19.7 Å². The van der Waals surface area contributed by atoms with Crippen LogP contribution in [0.15, 0.2) is 44.7 Å². The van der Waals surface area contributed by atoms with Gasteiger partial charge in [0.1, 0.15) is 5.82 Å². The van der Waals surface area contributed by atoms with Gasteiger partial charge < -0.3 is 9.47 Å². The van der Waals surface area contributed by atoms with E-state index in [1.165, 1.54) is 25.5 Å². The minimum atomic E-state index is -0.727. The van der Waals surface area contributed by atoms with Gasteiger partial charge in [-0.15, -0.1) is 0 Å². The van der Waals surface area contributed by atoms with Gasteiger partial charge in [0, 0.05) is 28.9 Å². The quantitative estimate of drug-likeness (QED) is 0.164. The maximum absolute atomic E-state index is 13.1. The number of carbonyl (C=O) groups excluding carboxylic acids is 1. The maximum Gasteiger partial charge on any atom is 0.316 e. The minimum absolute atomic E-state index is 0.0205. The standard InChI is InChI=1S/C21H19BrN4O6/c1-11(2)20-24-16-6-5-14(22)9-15(16)21(28)25(20)23-10-13-7-17(26(29)30)19(32-12(3)27)18(8-13)31-4/h5-11H,1-4H3. The molecule has 166 valence electrons. The third-order valence-corrected chi connectivity index (χ3v) is 4.89. The number of hydrogen-bond acceptors (Lipinski definition) is 8. The van der Waals surface area contributed by atoms with Crippen LogP contribution in [0.25, 0.3) is 10.9 Å². The van der Waals surface area contributed by atoms with Gasteiger partial charge in [0.2, 0.25) is 5.75 Å². The molecular formula is C21H19BrN4O6. The molecule has 3 aromatic rings. The van der Waals surface area contributed by atoms with E-state index in [-0.39, 0.29) is 28.5 Å². The van der Waals surface area contributed by atoms with Crippen molar-refractivity contribution >= 4 is 44.7 Å². The number of fused-ring (bicyclic) bond motifs is 1. The Hall–Kier alpha value is -3.60. The van der Waals surface area contributed by atoms with E-state index in [0.717, 1.165) is 16.1 Å². The summed E-state index contributed by atoms with van der Waals surface area (Å²) in [7, 11) is 1.29. The van der Waals surface area contributed by atoms with Gasteiger partial charge in [-0.2, -0.15) is 9.78 Å². The van der Waals surface area contributed by atoms with Crippen molar-refractivity contribution in [1.82, 2.24) is 9.66 Å². The summed E-state index contributed by atoms with van der Waals surface area (Å²) in [5.74, 6) is -0.746. The lowest BCUT2D eigenvalue weighted by atomic mass is 10.1. The number of aromatic nitrogens is 2. The number of halogens is 1. The molecule has 3 rings (SSSR count). The number of nitro benzene ring substituents is 1. The topological polar surface area (TPSA) is 126 Å². The summed E-state index contributed by atoms with van der Waals surface area (Å²) >= 11 is 3.35. The molecule has 0 fully saturated rings. The zero-order valence-corrected chi connectivity index (χ0v) is 19.2. The number of hydrogen-bond donors (Lipinski definition) is 0. The monoisotopic (exact) mass is 502 g/mol. The molecule has 1 heterocycles. The zero-order chi connectivity index (χ0) is 23.6. The molecular weight excluding hydrogens is 484 g/mol. The molecule has 0 saturated carbocycles. The molecule has 0 bridgehead atoms. The van der Waals surface area contributed by atoms with Gasteiger partial charge in [-0.1, -0.05) is 29.8 Å². The van der Waals surface area contributed by atoms with Crippen LogP contribution < -0.4 is 15.0 Å². The smallest absolute Gasteiger partial charge is 0.316 e. The number of ether oxygens (including phenoxy) is 2. The summed E-state index contributed by atoms with van der Waals surface area (Å²) in [6.07, 6.45) is 1.28. The van der Waals surface area contributed by atoms with Gasteiger partial charge in [-0.3, -0.25) is 19.7 Å². The first-order chi connectivity index (χ1) is 15.1. The third-order valence-electron chi connectivity index (χ3n) is 4.39. The Balaban J connectivity index is 2.18. The highest BCUT2D eigenvalue weighted by molar-refractivity contribution is 9.10. The van der Waals surface area contributed by atoms with Crippen LogP contribution in [0.2, 0.25) is 0 Å². The fourth-order valence-electron chi connectivity index (χ4n) is 2.99. The zero-order valence-electron chi connectivity index (χ0n) is 17.7. The SMILES string of the molecule is COc1cc(C=Nn2c(C(C)C)nc3ccc(Br)cc3c2=O)cc([N+](=O)[O-])c1OC(C)=O. The van der Waals surface area contributed by atoms with Crippen molar-refractivity contribution < 1.29 is 19.2 Å². The summed E-state index contributed by atoms with van der Waals surface area (Å²) in [5, 5.41) is 16.1. The lowest BCUT2D eigenvalue weighted by Gasteiger charge is -2.12. The highest BCUT2D eigenvalue weighted by Crippen LogP contribution is 2.38. The highest BCUT2D eigenvalue weighted by Gasteiger charge is 2.23. The second-order valence-corrected chi connectivity index (χ2v) is 7.99. The van der Waals surface area contributed by atoms with E-state index in [0.29, 0.717) is 16.7 Å². The number of methoxy groups -OCH3 is 1. The summed E-state index contributed by atoms with van der Waals surface area (Å²) in [6.45, 7) is 4.88. The van der Waals surface area contributed by atoms with Crippen molar-refractivity contribution in [3.05, 3.63) is 66.7 Å². The van der Waals surface area contributed by atoms with E-state index in [1.807, 2.05) is 13.8 Å². The van der Waals surface area contributed by atoms with Crippen LogP contribution in [-0.4, -0.2) is 33.9 Å². The maximum atomic E-state index is 13.1. The molecule has 0 atom stereocenters. The minimum Gasteiger partial charge on any atom is -0.493 e. The Morgan fingerprint density at radius 1 is 1.31 bits per heavy atom. The average molecular weight is 503 g/mol. The number of nitrogens with zero attached hydrogens (tertiary/aromatic N) is 4. The van der Waals surface area contributed by atoms with Gasteiger partial charge in [0.25, 0.3) is 5.56 Å². The molecule has 2 aromatic carbocycles. The Bertz CT molecular complexity index is 1320. The summed E-state index contributed by atoms with van der Waals surface area (Å²) in [5.41, 5.74) is -0.0518. The lowest BCUT2D eigenvalue weighted by molar-refractivity contribution is -0.385. The van der Waals surface area contributed by atoms with E-state index in [2.05, 4.69) is 26.0 Å². The van der Waals surface area contributed by atoms with Crippen molar-refractivity contribution in [3.8, 4) is 11.5 Å². The first-order valence-electron chi connectivity index (χ1n) is 9.43. The molecule has 0 N–H and O–H groups in total. The van der Waals surface area contributed by atoms with Gasteiger partial charge in [0.05, 0.1) is 29.2 Å². The Morgan fingerprint density at radius 2 is 2.03 bits per heavy atom. The number of carbonyl (C=O) groups is 1. The van der Waals surface area contributed by atoms with Crippen molar-refractivity contribution in [1.29, 1.82) is 0 Å². The van der Waals surface area contributed by atoms with Crippen LogP contribution in [0, 0.1) is 10.1 Å². The highest BCUT2D eigenvalue weighted by atomic mass is 79.9. The molecule has 0 unspecified atom stereocenters. The van der Waals surface area contributed by atoms with E-state index in [1.54, 1.807) is 18.2 Å². The van der Waals surface area contributed by atoms with Gasteiger partial charge in [-0.25, -0.2) is 4.98 Å². The van der Waals surface area contributed by atoms with Crippen LogP contribution in [0.3, 0.4) is 0 Å². The fourth-order valence-corrected chi connectivity index (χ4v) is 3.35. The van der Waals surface area contributed by atoms with Gasteiger partial charge in [0.15, 0.2) is 5.75 Å². The number of rotatable bonds is 6. The number of nitro groups is 1. The predicted molar refractivity (Wildman–Crippen MR) is 122 cm³/mol. The van der Waals surface area contributed by atoms with Crippen LogP contribution in [0.1, 0.15) is 38.1 Å². The molecule has 11 heteroatoms. The molecule has 0 saturated heterocycles. The molecule has 10 nitrogen and oxygen atoms in total. The Morgan fingerprint density at radius 3 is 2.62 bits per heavy atom. The van der Waals surface area contributed by atoms with Crippen molar-refractivity contribution in [2.75, 3.05) is 7.11 Å². The van der Waals surface area contributed by atoms with Crippen LogP contribution in [0.4, 0.5) is 5.69 Å². The first kappa shape index (κ1) is 23.1. The average Bonchev–Trinajstić information content (AvgIpc) is 2.73.